The van der Waals surface area contributed by atoms with Crippen molar-refractivity contribution in [1.82, 2.24) is 4.90 Å². The van der Waals surface area contributed by atoms with Crippen molar-refractivity contribution in [2.45, 2.75) is 12.5 Å². The molecule has 1 heterocycles. The predicted octanol–water partition coefficient (Wildman–Crippen LogP) is 2.33. The number of urea groups is 1. The average Bonchev–Trinajstić information content (AvgIpc) is 2.68. The van der Waals surface area contributed by atoms with Gasteiger partial charge in [0, 0.05) is 19.1 Å². The Bertz CT molecular complexity index is 400. The Hall–Kier alpha value is -0.970. The third kappa shape index (κ3) is 3.49. The highest BCUT2D eigenvalue weighted by atomic mass is 35.5. The van der Waals surface area contributed by atoms with Crippen LogP contribution in [0.4, 0.5) is 10.5 Å². The van der Waals surface area contributed by atoms with Gasteiger partial charge < -0.3 is 16.0 Å². The van der Waals surface area contributed by atoms with Gasteiger partial charge in [-0.3, -0.25) is 0 Å². The standard InChI is InChI=1S/C11H14ClN3O.ClH/c12-9-3-1-2-4-10(9)14-11(16)15-6-5-8(13)7-15;/h1-4,8H,5-7,13H2,(H,14,16);1H. The van der Waals surface area contributed by atoms with Crippen molar-refractivity contribution in [3.8, 4) is 0 Å². The lowest BCUT2D eigenvalue weighted by molar-refractivity contribution is 0.222. The topological polar surface area (TPSA) is 58.4 Å². The minimum atomic E-state index is -0.138. The number of para-hydroxylation sites is 1. The number of hydrogen-bond acceptors (Lipinski definition) is 2. The molecule has 17 heavy (non-hydrogen) atoms. The maximum atomic E-state index is 11.8. The molecule has 0 aromatic heterocycles. The Morgan fingerprint density at radius 2 is 2.18 bits per heavy atom. The number of hydrogen-bond donors (Lipinski definition) is 2. The molecule has 94 valence electrons. The highest BCUT2D eigenvalue weighted by Crippen LogP contribution is 2.21. The normalized spacial score (nSPS) is 18.7. The summed E-state index contributed by atoms with van der Waals surface area (Å²) in [4.78, 5) is 13.5. The van der Waals surface area contributed by atoms with E-state index in [2.05, 4.69) is 5.32 Å². The van der Waals surface area contributed by atoms with Crippen LogP contribution in [0.1, 0.15) is 6.42 Å². The molecule has 1 unspecified atom stereocenters. The van der Waals surface area contributed by atoms with Crippen molar-refractivity contribution < 1.29 is 4.79 Å². The fraction of sp³-hybridized carbons (Fsp3) is 0.364. The molecule has 0 radical (unpaired) electrons. The van der Waals surface area contributed by atoms with Crippen LogP contribution >= 0.6 is 24.0 Å². The molecule has 1 atom stereocenters. The molecule has 0 saturated carbocycles. The van der Waals surface area contributed by atoms with Crippen molar-refractivity contribution in [2.24, 2.45) is 5.73 Å². The number of nitrogens with zero attached hydrogens (tertiary/aromatic N) is 1. The van der Waals surface area contributed by atoms with Crippen LogP contribution in [0.15, 0.2) is 24.3 Å². The maximum absolute atomic E-state index is 11.8. The highest BCUT2D eigenvalue weighted by Gasteiger charge is 2.23. The Morgan fingerprint density at radius 3 is 2.76 bits per heavy atom. The summed E-state index contributed by atoms with van der Waals surface area (Å²) in [5.41, 5.74) is 6.37. The minimum absolute atomic E-state index is 0. The number of halogens is 2. The molecule has 1 aromatic rings. The van der Waals surface area contributed by atoms with E-state index in [-0.39, 0.29) is 24.5 Å². The second-order valence-electron chi connectivity index (χ2n) is 3.90. The third-order valence-electron chi connectivity index (χ3n) is 2.63. The van der Waals surface area contributed by atoms with Crippen LogP contribution in [-0.2, 0) is 0 Å². The summed E-state index contributed by atoms with van der Waals surface area (Å²) in [5, 5.41) is 3.31. The molecule has 2 amide bonds. The van der Waals surface area contributed by atoms with Crippen molar-refractivity contribution in [3.63, 3.8) is 0 Å². The van der Waals surface area contributed by atoms with Crippen molar-refractivity contribution in [2.75, 3.05) is 18.4 Å². The quantitative estimate of drug-likeness (QED) is 0.827. The number of nitrogens with two attached hydrogens (primary N) is 1. The van der Waals surface area contributed by atoms with Crippen LogP contribution in [0, 0.1) is 0 Å². The van der Waals surface area contributed by atoms with Gasteiger partial charge in [0.2, 0.25) is 0 Å². The van der Waals surface area contributed by atoms with Gasteiger partial charge in [-0.15, -0.1) is 12.4 Å². The van der Waals surface area contributed by atoms with Gasteiger partial charge in [-0.05, 0) is 18.6 Å². The van der Waals surface area contributed by atoms with E-state index in [1.807, 2.05) is 12.1 Å². The first-order chi connectivity index (χ1) is 7.66. The van der Waals surface area contributed by atoms with Gasteiger partial charge in [0.15, 0.2) is 0 Å². The van der Waals surface area contributed by atoms with Crippen molar-refractivity contribution >= 4 is 35.7 Å². The van der Waals surface area contributed by atoms with E-state index in [1.54, 1.807) is 17.0 Å². The summed E-state index contributed by atoms with van der Waals surface area (Å²) in [5.74, 6) is 0. The Labute approximate surface area is 112 Å². The molecule has 0 spiro atoms. The zero-order chi connectivity index (χ0) is 11.5. The second kappa shape index (κ2) is 6.10. The highest BCUT2D eigenvalue weighted by molar-refractivity contribution is 6.33. The van der Waals surface area contributed by atoms with E-state index >= 15 is 0 Å². The summed E-state index contributed by atoms with van der Waals surface area (Å²) in [6, 6.07) is 7.13. The smallest absolute Gasteiger partial charge is 0.321 e. The van der Waals surface area contributed by atoms with Gasteiger partial charge in [0.25, 0.3) is 0 Å². The largest absolute Gasteiger partial charge is 0.326 e. The molecule has 0 aliphatic carbocycles. The molecule has 1 saturated heterocycles. The number of likely N-dealkylation sites (tertiary alicyclic amines) is 1. The summed E-state index contributed by atoms with van der Waals surface area (Å²) < 4.78 is 0. The summed E-state index contributed by atoms with van der Waals surface area (Å²) >= 11 is 5.95. The van der Waals surface area contributed by atoms with E-state index in [1.165, 1.54) is 0 Å². The zero-order valence-corrected chi connectivity index (χ0v) is 10.8. The molecular formula is C11H15Cl2N3O. The van der Waals surface area contributed by atoms with Crippen LogP contribution in [0.25, 0.3) is 0 Å². The number of nitrogens with one attached hydrogen (secondary N) is 1. The first-order valence-electron chi connectivity index (χ1n) is 5.23. The minimum Gasteiger partial charge on any atom is -0.326 e. The number of amides is 2. The fourth-order valence-electron chi connectivity index (χ4n) is 1.73. The van der Waals surface area contributed by atoms with Crippen LogP contribution in [0.5, 0.6) is 0 Å². The molecule has 2 rings (SSSR count). The Balaban J connectivity index is 0.00000144. The molecule has 1 aliphatic heterocycles. The van der Waals surface area contributed by atoms with E-state index in [4.69, 9.17) is 17.3 Å². The first kappa shape index (κ1) is 14.1. The first-order valence-corrected chi connectivity index (χ1v) is 5.60. The number of anilines is 1. The van der Waals surface area contributed by atoms with E-state index in [0.717, 1.165) is 6.42 Å². The molecule has 3 N–H and O–H groups in total. The lowest BCUT2D eigenvalue weighted by atomic mass is 10.3. The molecule has 1 aliphatic rings. The van der Waals surface area contributed by atoms with Gasteiger partial charge in [-0.25, -0.2) is 4.79 Å². The van der Waals surface area contributed by atoms with E-state index in [9.17, 15) is 4.79 Å². The summed E-state index contributed by atoms with van der Waals surface area (Å²) in [7, 11) is 0. The Kier molecular flexibility index (Phi) is 5.05. The lowest BCUT2D eigenvalue weighted by Gasteiger charge is -2.17. The SMILES string of the molecule is Cl.NC1CCN(C(=O)Nc2ccccc2Cl)C1. The molecule has 6 heteroatoms. The Morgan fingerprint density at radius 1 is 1.47 bits per heavy atom. The van der Waals surface area contributed by atoms with Gasteiger partial charge in [0.1, 0.15) is 0 Å². The lowest BCUT2D eigenvalue weighted by Crippen LogP contribution is -2.35. The van der Waals surface area contributed by atoms with Gasteiger partial charge in [-0.1, -0.05) is 23.7 Å². The zero-order valence-electron chi connectivity index (χ0n) is 9.23. The second-order valence-corrected chi connectivity index (χ2v) is 4.31. The summed E-state index contributed by atoms with van der Waals surface area (Å²) in [6.45, 7) is 1.31. The number of carbonyl (C=O) groups excluding carboxylic acids is 1. The van der Waals surface area contributed by atoms with Crippen LogP contribution in [0.3, 0.4) is 0 Å². The van der Waals surface area contributed by atoms with Crippen molar-refractivity contribution in [1.29, 1.82) is 0 Å². The molecule has 1 fully saturated rings. The molecular weight excluding hydrogens is 261 g/mol. The molecule has 4 nitrogen and oxygen atoms in total. The van der Waals surface area contributed by atoms with Crippen molar-refractivity contribution in [3.05, 3.63) is 29.3 Å². The molecule has 1 aromatic carbocycles. The monoisotopic (exact) mass is 275 g/mol. The maximum Gasteiger partial charge on any atom is 0.321 e. The third-order valence-corrected chi connectivity index (χ3v) is 2.96. The predicted molar refractivity (Wildman–Crippen MR) is 71.9 cm³/mol. The van der Waals surface area contributed by atoms with Crippen LogP contribution < -0.4 is 11.1 Å². The van der Waals surface area contributed by atoms with E-state index < -0.39 is 0 Å². The van der Waals surface area contributed by atoms with Crippen LogP contribution in [0.2, 0.25) is 5.02 Å². The van der Waals surface area contributed by atoms with Gasteiger partial charge >= 0.3 is 6.03 Å². The average molecular weight is 276 g/mol. The number of carbonyl (C=O) groups is 1. The van der Waals surface area contributed by atoms with E-state index in [0.29, 0.717) is 23.8 Å². The summed E-state index contributed by atoms with van der Waals surface area (Å²) in [6.07, 6.45) is 0.857. The number of benzene rings is 1. The molecule has 0 bridgehead atoms. The van der Waals surface area contributed by atoms with Crippen LogP contribution in [-0.4, -0.2) is 30.1 Å². The fourth-order valence-corrected chi connectivity index (χ4v) is 1.91. The van der Waals surface area contributed by atoms with Gasteiger partial charge in [-0.2, -0.15) is 0 Å². The van der Waals surface area contributed by atoms with Gasteiger partial charge in [0.05, 0.1) is 10.7 Å². The number of rotatable bonds is 1.